The van der Waals surface area contributed by atoms with Crippen molar-refractivity contribution in [2.24, 2.45) is 0 Å². The number of benzene rings is 1. The molecule has 0 amide bonds. The van der Waals surface area contributed by atoms with Crippen molar-refractivity contribution >= 4 is 11.0 Å². The minimum Gasteiger partial charge on any atom is -0.507 e. The summed E-state index contributed by atoms with van der Waals surface area (Å²) in [4.78, 5) is 12.5. The molecule has 2 N–H and O–H groups in total. The number of hydrogen-bond acceptors (Lipinski definition) is 3. The lowest BCUT2D eigenvalue weighted by atomic mass is 10.1. The third-order valence-corrected chi connectivity index (χ3v) is 2.73. The van der Waals surface area contributed by atoms with E-state index in [1.807, 2.05) is 21.0 Å². The molecule has 90 valence electrons. The van der Waals surface area contributed by atoms with Crippen LogP contribution in [0.3, 0.4) is 0 Å². The van der Waals surface area contributed by atoms with Crippen molar-refractivity contribution in [2.45, 2.75) is 13.5 Å². The smallest absolute Gasteiger partial charge is 0.336 e. The number of quaternary nitrogens is 1. The van der Waals surface area contributed by atoms with Gasteiger partial charge < -0.3 is 14.4 Å². The molecule has 17 heavy (non-hydrogen) atoms. The van der Waals surface area contributed by atoms with Gasteiger partial charge in [-0.15, -0.1) is 0 Å². The van der Waals surface area contributed by atoms with Gasteiger partial charge >= 0.3 is 5.63 Å². The van der Waals surface area contributed by atoms with Crippen LogP contribution in [0.5, 0.6) is 5.75 Å². The van der Waals surface area contributed by atoms with Gasteiger partial charge in [-0.1, -0.05) is 0 Å². The molecule has 0 saturated heterocycles. The summed E-state index contributed by atoms with van der Waals surface area (Å²) in [5, 5.41) is 10.7. The Morgan fingerprint density at radius 1 is 1.35 bits per heavy atom. The molecule has 4 heteroatoms. The summed E-state index contributed by atoms with van der Waals surface area (Å²) in [6.07, 6.45) is 0. The van der Waals surface area contributed by atoms with E-state index in [-0.39, 0.29) is 11.4 Å². The molecule has 1 heterocycles. The van der Waals surface area contributed by atoms with E-state index in [1.165, 1.54) is 6.07 Å². The van der Waals surface area contributed by atoms with Gasteiger partial charge in [-0.2, -0.15) is 0 Å². The Bertz CT molecular complexity index is 614. The zero-order valence-corrected chi connectivity index (χ0v) is 10.2. The monoisotopic (exact) mass is 234 g/mol. The molecule has 0 aliphatic carbocycles. The topological polar surface area (TPSA) is 54.9 Å². The lowest BCUT2D eigenvalue weighted by Crippen LogP contribution is -3.04. The first-order chi connectivity index (χ1) is 7.99. The number of phenolic OH excluding ortho intramolecular Hbond substituents is 1. The first kappa shape index (κ1) is 11.7. The van der Waals surface area contributed by atoms with E-state index >= 15 is 0 Å². The molecule has 0 saturated carbocycles. The van der Waals surface area contributed by atoms with Gasteiger partial charge in [0.1, 0.15) is 12.3 Å². The van der Waals surface area contributed by atoms with Gasteiger partial charge in [-0.25, -0.2) is 4.79 Å². The molecule has 2 rings (SSSR count). The minimum absolute atomic E-state index is 0.174. The van der Waals surface area contributed by atoms with Gasteiger partial charge in [0.15, 0.2) is 5.58 Å². The predicted molar refractivity (Wildman–Crippen MR) is 65.4 cm³/mol. The first-order valence-corrected chi connectivity index (χ1v) is 5.53. The van der Waals surface area contributed by atoms with Gasteiger partial charge in [0.05, 0.1) is 19.7 Å². The maximum atomic E-state index is 11.4. The third-order valence-electron chi connectivity index (χ3n) is 2.73. The fourth-order valence-corrected chi connectivity index (χ4v) is 1.95. The Morgan fingerprint density at radius 3 is 2.71 bits per heavy atom. The maximum absolute atomic E-state index is 11.4. The Morgan fingerprint density at radius 2 is 2.06 bits per heavy atom. The highest BCUT2D eigenvalue weighted by atomic mass is 16.4. The summed E-state index contributed by atoms with van der Waals surface area (Å²) >= 11 is 0. The van der Waals surface area contributed by atoms with Crippen LogP contribution in [0.25, 0.3) is 11.0 Å². The Labute approximate surface area is 99.1 Å². The normalized spacial score (nSPS) is 11.3. The van der Waals surface area contributed by atoms with Crippen molar-refractivity contribution in [2.75, 3.05) is 14.1 Å². The van der Waals surface area contributed by atoms with E-state index in [9.17, 15) is 9.90 Å². The molecule has 0 atom stereocenters. The molecule has 0 bridgehead atoms. The lowest BCUT2D eigenvalue weighted by Gasteiger charge is -2.11. The fraction of sp³-hybridized carbons (Fsp3) is 0.308. The van der Waals surface area contributed by atoms with E-state index < -0.39 is 0 Å². The highest BCUT2D eigenvalue weighted by molar-refractivity contribution is 5.84. The quantitative estimate of drug-likeness (QED) is 0.742. The predicted octanol–water partition coefficient (Wildman–Crippen LogP) is 0.452. The molecule has 2 aromatic rings. The molecule has 0 spiro atoms. The molecular formula is C13H16NO3+. The molecule has 0 radical (unpaired) electrons. The van der Waals surface area contributed by atoms with E-state index in [4.69, 9.17) is 4.42 Å². The van der Waals surface area contributed by atoms with Crippen LogP contribution in [0.15, 0.2) is 27.4 Å². The SMILES string of the molecule is Cc1cc(=O)oc2c(C[NH+](C)C)c(O)ccc12. The second kappa shape index (κ2) is 4.22. The number of rotatable bonds is 2. The van der Waals surface area contributed by atoms with E-state index in [2.05, 4.69) is 0 Å². The second-order valence-electron chi connectivity index (χ2n) is 4.57. The zero-order valence-electron chi connectivity index (χ0n) is 10.2. The molecule has 0 aliphatic heterocycles. The maximum Gasteiger partial charge on any atom is 0.336 e. The van der Waals surface area contributed by atoms with Crippen LogP contribution in [-0.4, -0.2) is 19.2 Å². The Balaban J connectivity index is 2.79. The summed E-state index contributed by atoms with van der Waals surface area (Å²) in [6.45, 7) is 2.47. The number of phenols is 1. The van der Waals surface area contributed by atoms with Gasteiger partial charge in [-0.3, -0.25) is 0 Å². The van der Waals surface area contributed by atoms with Crippen LogP contribution in [0.2, 0.25) is 0 Å². The largest absolute Gasteiger partial charge is 0.507 e. The highest BCUT2D eigenvalue weighted by Crippen LogP contribution is 2.27. The van der Waals surface area contributed by atoms with Crippen molar-refractivity contribution in [3.05, 3.63) is 39.7 Å². The first-order valence-electron chi connectivity index (χ1n) is 5.53. The summed E-state index contributed by atoms with van der Waals surface area (Å²) in [6, 6.07) is 4.89. The molecule has 4 nitrogen and oxygen atoms in total. The fourth-order valence-electron chi connectivity index (χ4n) is 1.95. The molecule has 0 unspecified atom stereocenters. The van der Waals surface area contributed by atoms with Gasteiger partial charge in [-0.05, 0) is 24.6 Å². The number of aromatic hydroxyl groups is 1. The summed E-state index contributed by atoms with van der Waals surface area (Å²) in [7, 11) is 3.96. The second-order valence-corrected chi connectivity index (χ2v) is 4.57. The highest BCUT2D eigenvalue weighted by Gasteiger charge is 2.14. The Hall–Kier alpha value is -1.81. The van der Waals surface area contributed by atoms with Crippen LogP contribution < -0.4 is 10.5 Å². The van der Waals surface area contributed by atoms with Gasteiger partial charge in [0, 0.05) is 11.5 Å². The van der Waals surface area contributed by atoms with E-state index in [0.717, 1.165) is 15.8 Å². The van der Waals surface area contributed by atoms with Crippen molar-refractivity contribution in [3.8, 4) is 5.75 Å². The molecule has 1 aromatic heterocycles. The van der Waals surface area contributed by atoms with Gasteiger partial charge in [0.2, 0.25) is 0 Å². The average Bonchev–Trinajstić information content (AvgIpc) is 2.21. The van der Waals surface area contributed by atoms with E-state index in [0.29, 0.717) is 17.7 Å². The van der Waals surface area contributed by atoms with Crippen LogP contribution >= 0.6 is 0 Å². The molecule has 0 aliphatic rings. The zero-order chi connectivity index (χ0) is 12.6. The lowest BCUT2D eigenvalue weighted by molar-refractivity contribution is -0.872. The summed E-state index contributed by atoms with van der Waals surface area (Å²) in [5.74, 6) is 0.174. The average molecular weight is 234 g/mol. The van der Waals surface area contributed by atoms with Crippen LogP contribution in [0.4, 0.5) is 0 Å². The molecule has 1 aromatic carbocycles. The molecule has 0 fully saturated rings. The van der Waals surface area contributed by atoms with Crippen molar-refractivity contribution < 1.29 is 14.4 Å². The van der Waals surface area contributed by atoms with Crippen LogP contribution in [0.1, 0.15) is 11.1 Å². The summed E-state index contributed by atoms with van der Waals surface area (Å²) < 4.78 is 5.23. The van der Waals surface area contributed by atoms with E-state index in [1.54, 1.807) is 12.1 Å². The van der Waals surface area contributed by atoms with Crippen molar-refractivity contribution in [1.82, 2.24) is 0 Å². The van der Waals surface area contributed by atoms with Gasteiger partial charge in [0.25, 0.3) is 0 Å². The van der Waals surface area contributed by atoms with Crippen molar-refractivity contribution in [3.63, 3.8) is 0 Å². The number of nitrogens with one attached hydrogen (secondary N) is 1. The van der Waals surface area contributed by atoms with Crippen molar-refractivity contribution in [1.29, 1.82) is 0 Å². The third kappa shape index (κ3) is 2.17. The van der Waals surface area contributed by atoms with Crippen LogP contribution in [0, 0.1) is 6.92 Å². The number of aryl methyl sites for hydroxylation is 1. The number of hydrogen-bond donors (Lipinski definition) is 2. The Kier molecular flexibility index (Phi) is 2.90. The van der Waals surface area contributed by atoms with Crippen LogP contribution in [-0.2, 0) is 6.54 Å². The standard InChI is InChI=1S/C13H15NO3/c1-8-6-12(16)17-13-9(8)4-5-11(15)10(13)7-14(2)3/h4-6,15H,7H2,1-3H3/p+1. The summed E-state index contributed by atoms with van der Waals surface area (Å²) in [5.41, 5.74) is 1.67. The molecular weight excluding hydrogens is 218 g/mol. The minimum atomic E-state index is -0.379. The number of fused-ring (bicyclic) bond motifs is 1.